The van der Waals surface area contributed by atoms with Crippen LogP contribution in [0.3, 0.4) is 0 Å². The van der Waals surface area contributed by atoms with Crippen molar-refractivity contribution in [1.29, 1.82) is 0 Å². The number of esters is 1. The summed E-state index contributed by atoms with van der Waals surface area (Å²) in [5.74, 6) is -0.233. The summed E-state index contributed by atoms with van der Waals surface area (Å²) >= 11 is 0. The standard InChI is InChI=1S/C15H23NO3/c1-11(15(18)19-13-9-5-6-10-13)16-14(17)12-7-3-2-4-8-12/h5-6,11-13H,2-4,7-10H2,1H3,(H,16,17)/t11-/m1/s1. The Morgan fingerprint density at radius 3 is 2.42 bits per heavy atom. The molecule has 1 atom stereocenters. The van der Waals surface area contributed by atoms with Gasteiger partial charge in [-0.3, -0.25) is 4.79 Å². The highest BCUT2D eigenvalue weighted by molar-refractivity contribution is 5.85. The highest BCUT2D eigenvalue weighted by Gasteiger charge is 2.26. The Kier molecular flexibility index (Phi) is 5.00. The van der Waals surface area contributed by atoms with E-state index in [1.165, 1.54) is 6.42 Å². The molecule has 106 valence electrons. The first kappa shape index (κ1) is 14.1. The van der Waals surface area contributed by atoms with Crippen molar-refractivity contribution < 1.29 is 14.3 Å². The fourth-order valence-electron chi connectivity index (χ4n) is 2.71. The number of carbonyl (C=O) groups is 2. The Hall–Kier alpha value is -1.32. The fraction of sp³-hybridized carbons (Fsp3) is 0.733. The molecule has 0 unspecified atom stereocenters. The Morgan fingerprint density at radius 2 is 1.79 bits per heavy atom. The van der Waals surface area contributed by atoms with Crippen LogP contribution in [0, 0.1) is 5.92 Å². The smallest absolute Gasteiger partial charge is 0.328 e. The van der Waals surface area contributed by atoms with E-state index in [9.17, 15) is 9.59 Å². The van der Waals surface area contributed by atoms with Crippen LogP contribution >= 0.6 is 0 Å². The van der Waals surface area contributed by atoms with E-state index in [2.05, 4.69) is 5.32 Å². The normalized spacial score (nSPS) is 22.2. The van der Waals surface area contributed by atoms with Gasteiger partial charge >= 0.3 is 5.97 Å². The Labute approximate surface area is 114 Å². The van der Waals surface area contributed by atoms with E-state index in [1.807, 2.05) is 12.2 Å². The second-order valence-electron chi connectivity index (χ2n) is 5.57. The summed E-state index contributed by atoms with van der Waals surface area (Å²) in [4.78, 5) is 23.9. The van der Waals surface area contributed by atoms with Gasteiger partial charge in [0, 0.05) is 18.8 Å². The van der Waals surface area contributed by atoms with Crippen LogP contribution in [0.1, 0.15) is 51.9 Å². The zero-order chi connectivity index (χ0) is 13.7. The maximum atomic E-state index is 12.0. The maximum absolute atomic E-state index is 12.0. The molecule has 1 N–H and O–H groups in total. The van der Waals surface area contributed by atoms with Crippen molar-refractivity contribution in [1.82, 2.24) is 5.32 Å². The van der Waals surface area contributed by atoms with Gasteiger partial charge in [-0.2, -0.15) is 0 Å². The minimum atomic E-state index is -0.546. The predicted octanol–water partition coefficient (Wildman–Crippen LogP) is 2.33. The van der Waals surface area contributed by atoms with Gasteiger partial charge in [-0.1, -0.05) is 31.4 Å². The Morgan fingerprint density at radius 1 is 1.16 bits per heavy atom. The first-order valence-electron chi connectivity index (χ1n) is 7.32. The number of amides is 1. The van der Waals surface area contributed by atoms with Gasteiger partial charge < -0.3 is 10.1 Å². The average molecular weight is 265 g/mol. The molecule has 2 aliphatic rings. The largest absolute Gasteiger partial charge is 0.460 e. The lowest BCUT2D eigenvalue weighted by atomic mass is 9.88. The summed E-state index contributed by atoms with van der Waals surface area (Å²) in [6.45, 7) is 1.70. The molecule has 0 bridgehead atoms. The van der Waals surface area contributed by atoms with E-state index in [-0.39, 0.29) is 23.9 Å². The second-order valence-corrected chi connectivity index (χ2v) is 5.57. The van der Waals surface area contributed by atoms with Gasteiger partial charge in [0.25, 0.3) is 0 Å². The molecule has 0 aromatic heterocycles. The summed E-state index contributed by atoms with van der Waals surface area (Å²) in [7, 11) is 0. The van der Waals surface area contributed by atoms with Crippen LogP contribution in [-0.2, 0) is 14.3 Å². The molecule has 0 aliphatic heterocycles. The quantitative estimate of drug-likeness (QED) is 0.627. The molecular weight excluding hydrogens is 242 g/mol. The topological polar surface area (TPSA) is 55.4 Å². The van der Waals surface area contributed by atoms with Crippen LogP contribution in [0.4, 0.5) is 0 Å². The van der Waals surface area contributed by atoms with Crippen LogP contribution in [0.5, 0.6) is 0 Å². The zero-order valence-corrected chi connectivity index (χ0v) is 11.6. The van der Waals surface area contributed by atoms with Gasteiger partial charge in [0.15, 0.2) is 0 Å². The number of carbonyl (C=O) groups excluding carboxylic acids is 2. The monoisotopic (exact) mass is 265 g/mol. The molecule has 2 aliphatic carbocycles. The van der Waals surface area contributed by atoms with Crippen molar-refractivity contribution in [3.63, 3.8) is 0 Å². The first-order valence-corrected chi connectivity index (χ1v) is 7.32. The van der Waals surface area contributed by atoms with Crippen LogP contribution in [0.2, 0.25) is 0 Å². The maximum Gasteiger partial charge on any atom is 0.328 e. The summed E-state index contributed by atoms with van der Waals surface area (Å²) in [6.07, 6.45) is 10.9. The highest BCUT2D eigenvalue weighted by Crippen LogP contribution is 2.23. The summed E-state index contributed by atoms with van der Waals surface area (Å²) in [6, 6.07) is -0.546. The van der Waals surface area contributed by atoms with Crippen molar-refractivity contribution in [2.24, 2.45) is 5.92 Å². The first-order chi connectivity index (χ1) is 9.16. The van der Waals surface area contributed by atoms with E-state index in [0.717, 1.165) is 38.5 Å². The van der Waals surface area contributed by atoms with Crippen molar-refractivity contribution in [3.8, 4) is 0 Å². The molecule has 0 heterocycles. The molecule has 0 aromatic rings. The molecular formula is C15H23NO3. The van der Waals surface area contributed by atoms with Gasteiger partial charge in [0.2, 0.25) is 5.91 Å². The SMILES string of the molecule is C[C@@H](NC(=O)C1CCCCC1)C(=O)OC1CC=CC1. The molecule has 2 rings (SSSR count). The van der Waals surface area contributed by atoms with E-state index < -0.39 is 6.04 Å². The minimum Gasteiger partial charge on any atom is -0.460 e. The predicted molar refractivity (Wildman–Crippen MR) is 72.4 cm³/mol. The number of nitrogens with one attached hydrogen (secondary N) is 1. The van der Waals surface area contributed by atoms with Crippen LogP contribution < -0.4 is 5.32 Å². The van der Waals surface area contributed by atoms with E-state index in [1.54, 1.807) is 6.92 Å². The zero-order valence-electron chi connectivity index (χ0n) is 11.6. The van der Waals surface area contributed by atoms with Crippen molar-refractivity contribution in [2.45, 2.75) is 64.0 Å². The third-order valence-corrected chi connectivity index (χ3v) is 3.94. The van der Waals surface area contributed by atoms with E-state index >= 15 is 0 Å². The van der Waals surface area contributed by atoms with E-state index in [4.69, 9.17) is 4.74 Å². The lowest BCUT2D eigenvalue weighted by molar-refractivity contribution is -0.152. The number of hydrogen-bond donors (Lipinski definition) is 1. The summed E-state index contributed by atoms with van der Waals surface area (Å²) in [5, 5.41) is 2.79. The molecule has 1 saturated carbocycles. The lowest BCUT2D eigenvalue weighted by Crippen LogP contribution is -2.43. The Balaban J connectivity index is 1.74. The molecule has 0 radical (unpaired) electrons. The van der Waals surface area contributed by atoms with Gasteiger partial charge in [-0.15, -0.1) is 0 Å². The average Bonchev–Trinajstić information content (AvgIpc) is 2.92. The van der Waals surface area contributed by atoms with Crippen LogP contribution in [-0.4, -0.2) is 24.0 Å². The molecule has 4 nitrogen and oxygen atoms in total. The fourth-order valence-corrected chi connectivity index (χ4v) is 2.71. The molecule has 1 amide bonds. The van der Waals surface area contributed by atoms with Crippen molar-refractivity contribution in [2.75, 3.05) is 0 Å². The van der Waals surface area contributed by atoms with Gasteiger partial charge in [-0.05, 0) is 19.8 Å². The summed E-state index contributed by atoms with van der Waals surface area (Å²) < 4.78 is 5.35. The molecule has 0 saturated heterocycles. The van der Waals surface area contributed by atoms with Gasteiger partial charge in [0.1, 0.15) is 12.1 Å². The molecule has 0 aromatic carbocycles. The minimum absolute atomic E-state index is 0.00805. The second kappa shape index (κ2) is 6.73. The molecule has 1 fully saturated rings. The highest BCUT2D eigenvalue weighted by atomic mass is 16.5. The summed E-state index contributed by atoms with van der Waals surface area (Å²) in [5.41, 5.74) is 0. The lowest BCUT2D eigenvalue weighted by Gasteiger charge is -2.23. The van der Waals surface area contributed by atoms with Crippen molar-refractivity contribution >= 4 is 11.9 Å². The van der Waals surface area contributed by atoms with Gasteiger partial charge in [-0.25, -0.2) is 4.79 Å². The van der Waals surface area contributed by atoms with Crippen LogP contribution in [0.25, 0.3) is 0 Å². The van der Waals surface area contributed by atoms with Gasteiger partial charge in [0.05, 0.1) is 0 Å². The third kappa shape index (κ3) is 4.08. The van der Waals surface area contributed by atoms with E-state index in [0.29, 0.717) is 0 Å². The number of hydrogen-bond acceptors (Lipinski definition) is 3. The molecule has 0 spiro atoms. The molecule has 19 heavy (non-hydrogen) atoms. The Bertz CT molecular complexity index is 350. The third-order valence-electron chi connectivity index (χ3n) is 3.94. The van der Waals surface area contributed by atoms with Crippen molar-refractivity contribution in [3.05, 3.63) is 12.2 Å². The molecule has 4 heteroatoms. The van der Waals surface area contributed by atoms with Crippen LogP contribution in [0.15, 0.2) is 12.2 Å². The number of ether oxygens (including phenoxy) is 1. The number of rotatable bonds is 4.